The summed E-state index contributed by atoms with van der Waals surface area (Å²) in [6, 6.07) is 0. The molecular formula is C8H21NO. The molecule has 0 rings (SSSR count). The molecule has 0 spiro atoms. The number of nitrogens with zero attached hydrogens (tertiary/aromatic N) is 1. The second-order valence-electron chi connectivity index (χ2n) is 2.38. The third kappa shape index (κ3) is 24.7. The van der Waals surface area contributed by atoms with E-state index in [2.05, 4.69) is 30.7 Å². The largest absolute Gasteiger partial charge is 0.385 e. The summed E-state index contributed by atoms with van der Waals surface area (Å²) in [5.41, 5.74) is 0. The highest BCUT2D eigenvalue weighted by molar-refractivity contribution is 4.34. The molecule has 0 aromatic rings. The molecule has 0 aromatic carbocycles. The van der Waals surface area contributed by atoms with Crippen LogP contribution in [0.4, 0.5) is 0 Å². The normalized spacial score (nSPS) is 9.00. The molecule has 0 fully saturated rings. The molecule has 0 aliphatic carbocycles. The Morgan fingerprint density at radius 2 is 1.60 bits per heavy atom. The van der Waals surface area contributed by atoms with Gasteiger partial charge in [0.05, 0.1) is 0 Å². The summed E-state index contributed by atoms with van der Waals surface area (Å²) in [5.74, 6) is 0. The van der Waals surface area contributed by atoms with Crippen LogP contribution < -0.4 is 0 Å². The van der Waals surface area contributed by atoms with Crippen LogP contribution >= 0.6 is 0 Å². The van der Waals surface area contributed by atoms with Crippen LogP contribution in [-0.4, -0.2) is 39.3 Å². The van der Waals surface area contributed by atoms with E-state index in [4.69, 9.17) is 0 Å². The Labute approximate surface area is 65.2 Å². The molecule has 2 heteroatoms. The minimum atomic E-state index is 0.819. The molecule has 10 heavy (non-hydrogen) atoms. The average Bonchev–Trinajstić information content (AvgIpc) is 1.89. The molecule has 0 unspecified atom stereocenters. The van der Waals surface area contributed by atoms with E-state index in [1.807, 2.05) is 6.92 Å². The van der Waals surface area contributed by atoms with E-state index < -0.39 is 0 Å². The Morgan fingerprint density at radius 1 is 1.20 bits per heavy atom. The van der Waals surface area contributed by atoms with Gasteiger partial charge in [0.2, 0.25) is 0 Å². The number of methoxy groups -OCH3 is 1. The molecular weight excluding hydrogens is 126 g/mol. The fourth-order valence-electron chi connectivity index (χ4n) is 0.447. The quantitative estimate of drug-likeness (QED) is 0.601. The molecule has 0 saturated heterocycles. The standard InChI is InChI=1S/C5H13N.C3H8O/c1-4-5-6(2)3;1-3-4-2/h4-5H2,1-3H3;3H2,1-2H3. The minimum absolute atomic E-state index is 0.819. The third-order valence-corrected chi connectivity index (χ3v) is 0.959. The first kappa shape index (κ1) is 12.6. The zero-order valence-corrected chi connectivity index (χ0v) is 7.98. The molecule has 2 nitrogen and oxygen atoms in total. The fourth-order valence-corrected chi connectivity index (χ4v) is 0.447. The van der Waals surface area contributed by atoms with Crippen molar-refractivity contribution in [3.8, 4) is 0 Å². The van der Waals surface area contributed by atoms with Crippen LogP contribution in [0.15, 0.2) is 0 Å². The predicted octanol–water partition coefficient (Wildman–Crippen LogP) is 1.61. The Bertz CT molecular complexity index is 44.5. The first-order valence-electron chi connectivity index (χ1n) is 3.82. The fraction of sp³-hybridized carbons (Fsp3) is 1.00. The van der Waals surface area contributed by atoms with Gasteiger partial charge in [-0.3, -0.25) is 0 Å². The molecule has 0 heterocycles. The van der Waals surface area contributed by atoms with Gasteiger partial charge in [0.25, 0.3) is 0 Å². The lowest BCUT2D eigenvalue weighted by atomic mass is 10.5. The molecule has 0 amide bonds. The maximum absolute atomic E-state index is 4.54. The summed E-state index contributed by atoms with van der Waals surface area (Å²) in [5, 5.41) is 0. The van der Waals surface area contributed by atoms with Crippen molar-refractivity contribution in [2.24, 2.45) is 0 Å². The van der Waals surface area contributed by atoms with Gasteiger partial charge in [-0.15, -0.1) is 0 Å². The highest BCUT2D eigenvalue weighted by Gasteiger charge is 1.79. The van der Waals surface area contributed by atoms with E-state index in [0.29, 0.717) is 0 Å². The number of hydrogen-bond donors (Lipinski definition) is 0. The maximum Gasteiger partial charge on any atom is 0.0433 e. The zero-order valence-electron chi connectivity index (χ0n) is 7.98. The van der Waals surface area contributed by atoms with Crippen LogP contribution in [0.5, 0.6) is 0 Å². The van der Waals surface area contributed by atoms with Crippen molar-refractivity contribution in [2.45, 2.75) is 20.3 Å². The van der Waals surface area contributed by atoms with Crippen molar-refractivity contribution in [2.75, 3.05) is 34.4 Å². The molecule has 0 aliphatic rings. The van der Waals surface area contributed by atoms with Crippen LogP contribution in [0.1, 0.15) is 20.3 Å². The van der Waals surface area contributed by atoms with Gasteiger partial charge in [-0.25, -0.2) is 0 Å². The van der Waals surface area contributed by atoms with E-state index in [-0.39, 0.29) is 0 Å². The lowest BCUT2D eigenvalue weighted by Gasteiger charge is -2.03. The van der Waals surface area contributed by atoms with Gasteiger partial charge in [0.15, 0.2) is 0 Å². The maximum atomic E-state index is 4.54. The third-order valence-electron chi connectivity index (χ3n) is 0.959. The van der Waals surface area contributed by atoms with Crippen molar-refractivity contribution in [3.05, 3.63) is 0 Å². The van der Waals surface area contributed by atoms with Gasteiger partial charge in [0, 0.05) is 13.7 Å². The van der Waals surface area contributed by atoms with Crippen LogP contribution in [-0.2, 0) is 4.74 Å². The van der Waals surface area contributed by atoms with Gasteiger partial charge >= 0.3 is 0 Å². The summed E-state index contributed by atoms with van der Waals surface area (Å²) in [6.45, 7) is 6.17. The van der Waals surface area contributed by atoms with Crippen LogP contribution in [0.3, 0.4) is 0 Å². The lowest BCUT2D eigenvalue weighted by molar-refractivity contribution is 0.215. The summed E-state index contributed by atoms with van der Waals surface area (Å²) < 4.78 is 4.54. The molecule has 0 saturated carbocycles. The van der Waals surface area contributed by atoms with Gasteiger partial charge in [-0.1, -0.05) is 6.92 Å². The Kier molecular flexibility index (Phi) is 14.7. The Morgan fingerprint density at radius 3 is 1.60 bits per heavy atom. The van der Waals surface area contributed by atoms with Gasteiger partial charge < -0.3 is 9.64 Å². The van der Waals surface area contributed by atoms with Crippen molar-refractivity contribution in [3.63, 3.8) is 0 Å². The average molecular weight is 147 g/mol. The van der Waals surface area contributed by atoms with Crippen molar-refractivity contribution >= 4 is 0 Å². The summed E-state index contributed by atoms with van der Waals surface area (Å²) >= 11 is 0. The van der Waals surface area contributed by atoms with Crippen LogP contribution in [0.2, 0.25) is 0 Å². The van der Waals surface area contributed by atoms with E-state index in [9.17, 15) is 0 Å². The van der Waals surface area contributed by atoms with Crippen molar-refractivity contribution < 1.29 is 4.74 Å². The molecule has 0 aromatic heterocycles. The highest BCUT2D eigenvalue weighted by atomic mass is 16.5. The molecule has 0 atom stereocenters. The molecule has 0 aliphatic heterocycles. The lowest BCUT2D eigenvalue weighted by Crippen LogP contribution is -2.11. The summed E-state index contributed by atoms with van der Waals surface area (Å²) in [7, 11) is 5.85. The number of rotatable bonds is 3. The van der Waals surface area contributed by atoms with E-state index >= 15 is 0 Å². The number of hydrogen-bond acceptors (Lipinski definition) is 2. The van der Waals surface area contributed by atoms with Gasteiger partial charge in [-0.2, -0.15) is 0 Å². The van der Waals surface area contributed by atoms with E-state index in [0.717, 1.165) is 6.61 Å². The Balaban J connectivity index is 0. The molecule has 0 radical (unpaired) electrons. The number of ether oxygens (including phenoxy) is 1. The van der Waals surface area contributed by atoms with E-state index in [1.54, 1.807) is 7.11 Å². The van der Waals surface area contributed by atoms with Gasteiger partial charge in [0.1, 0.15) is 0 Å². The highest BCUT2D eigenvalue weighted by Crippen LogP contribution is 1.76. The van der Waals surface area contributed by atoms with E-state index in [1.165, 1.54) is 13.0 Å². The second-order valence-corrected chi connectivity index (χ2v) is 2.38. The zero-order chi connectivity index (χ0) is 8.41. The SMILES string of the molecule is CCCN(C)C.CCOC. The first-order chi connectivity index (χ1) is 4.68. The molecule has 64 valence electrons. The van der Waals surface area contributed by atoms with Crippen molar-refractivity contribution in [1.29, 1.82) is 0 Å². The van der Waals surface area contributed by atoms with Gasteiger partial charge in [-0.05, 0) is 34.0 Å². The minimum Gasteiger partial charge on any atom is -0.385 e. The first-order valence-corrected chi connectivity index (χ1v) is 3.82. The van der Waals surface area contributed by atoms with Crippen LogP contribution in [0.25, 0.3) is 0 Å². The summed E-state index contributed by atoms with van der Waals surface area (Å²) in [6.07, 6.45) is 1.26. The van der Waals surface area contributed by atoms with Crippen LogP contribution in [0, 0.1) is 0 Å². The second kappa shape index (κ2) is 11.7. The molecule has 0 bridgehead atoms. The van der Waals surface area contributed by atoms with Crippen molar-refractivity contribution in [1.82, 2.24) is 4.90 Å². The smallest absolute Gasteiger partial charge is 0.0433 e. The monoisotopic (exact) mass is 147 g/mol. The summed E-state index contributed by atoms with van der Waals surface area (Å²) in [4.78, 5) is 2.18. The Hall–Kier alpha value is -0.0800. The molecule has 0 N–H and O–H groups in total. The predicted molar refractivity (Wildman–Crippen MR) is 46.4 cm³/mol. The topological polar surface area (TPSA) is 12.5 Å².